The molecule has 5 nitrogen and oxygen atoms in total. The van der Waals surface area contributed by atoms with E-state index in [0.717, 1.165) is 53.3 Å². The number of anilines is 2. The standard InChI is InChI=1S/C37H45ClN2O3/c1-23(41)26-12-16-31-29(20-26)36(4,5)37(42-8,40(31)7)19-18-25-11-9-10-24(34(25)38)14-17-33-35(2,3)28-21-27(32-22-43-32)13-15-30(28)39(33)6/h12-21,23,32,41H,9-11,22H2,1-8H3/b19-18+,24-14+,33-17-. The first-order valence-corrected chi connectivity index (χ1v) is 15.8. The number of epoxide rings is 1. The first-order chi connectivity index (χ1) is 20.3. The van der Waals surface area contributed by atoms with Gasteiger partial charge in [0.25, 0.3) is 0 Å². The average molecular weight is 601 g/mol. The summed E-state index contributed by atoms with van der Waals surface area (Å²) in [4.78, 5) is 4.52. The van der Waals surface area contributed by atoms with Crippen LogP contribution in [0.5, 0.6) is 0 Å². The Balaban J connectivity index is 1.31. The van der Waals surface area contributed by atoms with Crippen molar-refractivity contribution >= 4 is 23.0 Å². The van der Waals surface area contributed by atoms with Crippen LogP contribution in [0.25, 0.3) is 0 Å². The molecule has 0 saturated carbocycles. The maximum atomic E-state index is 10.2. The van der Waals surface area contributed by atoms with Crippen molar-refractivity contribution in [2.45, 2.75) is 82.6 Å². The summed E-state index contributed by atoms with van der Waals surface area (Å²) in [5, 5.41) is 11.1. The second-order valence-corrected chi connectivity index (χ2v) is 14.0. The molecule has 3 heterocycles. The van der Waals surface area contributed by atoms with Crippen LogP contribution in [0.1, 0.15) is 88.3 Å². The minimum Gasteiger partial charge on any atom is -0.389 e. The molecule has 0 spiro atoms. The normalized spacial score (nSPS) is 28.3. The topological polar surface area (TPSA) is 48.5 Å². The van der Waals surface area contributed by atoms with Gasteiger partial charge in [0.1, 0.15) is 6.10 Å². The molecule has 1 fully saturated rings. The molecular formula is C37H45ClN2O3. The van der Waals surface area contributed by atoms with Crippen molar-refractivity contribution in [1.29, 1.82) is 0 Å². The van der Waals surface area contributed by atoms with Gasteiger partial charge in [-0.3, -0.25) is 0 Å². The van der Waals surface area contributed by atoms with E-state index in [2.05, 4.69) is 106 Å². The molecule has 1 N–H and O–H groups in total. The van der Waals surface area contributed by atoms with Crippen molar-refractivity contribution in [3.8, 4) is 0 Å². The molecule has 4 aliphatic rings. The number of rotatable bonds is 6. The fourth-order valence-corrected chi connectivity index (χ4v) is 7.89. The lowest BCUT2D eigenvalue weighted by Crippen LogP contribution is -2.54. The van der Waals surface area contributed by atoms with Crippen molar-refractivity contribution in [3.05, 3.63) is 105 Å². The second kappa shape index (κ2) is 10.7. The summed E-state index contributed by atoms with van der Waals surface area (Å²) >= 11 is 7.14. The van der Waals surface area contributed by atoms with Crippen LogP contribution in [-0.2, 0) is 20.3 Å². The zero-order valence-corrected chi connectivity index (χ0v) is 27.5. The van der Waals surface area contributed by atoms with Gasteiger partial charge in [-0.15, -0.1) is 0 Å². The Hall–Kier alpha value is -2.83. The minimum absolute atomic E-state index is 0.119. The summed E-state index contributed by atoms with van der Waals surface area (Å²) < 4.78 is 11.9. The maximum Gasteiger partial charge on any atom is 0.169 e. The summed E-state index contributed by atoms with van der Waals surface area (Å²) in [5.41, 5.74) is 9.43. The molecule has 2 aromatic rings. The van der Waals surface area contributed by atoms with Crippen molar-refractivity contribution < 1.29 is 14.6 Å². The lowest BCUT2D eigenvalue weighted by molar-refractivity contribution is -0.0129. The predicted octanol–water partition coefficient (Wildman–Crippen LogP) is 8.35. The summed E-state index contributed by atoms with van der Waals surface area (Å²) in [6.07, 6.45) is 11.5. The minimum atomic E-state index is -0.702. The third-order valence-corrected chi connectivity index (χ3v) is 10.9. The van der Waals surface area contributed by atoms with E-state index >= 15 is 0 Å². The van der Waals surface area contributed by atoms with Crippen molar-refractivity contribution in [3.63, 3.8) is 0 Å². The molecule has 1 aliphatic carbocycles. The smallest absolute Gasteiger partial charge is 0.169 e. The van der Waals surface area contributed by atoms with E-state index in [1.54, 1.807) is 14.0 Å². The third kappa shape index (κ3) is 4.71. The quantitative estimate of drug-likeness (QED) is 0.338. The van der Waals surface area contributed by atoms with Gasteiger partial charge in [0.15, 0.2) is 5.72 Å². The zero-order valence-electron chi connectivity index (χ0n) is 26.8. The van der Waals surface area contributed by atoms with E-state index in [-0.39, 0.29) is 16.9 Å². The monoisotopic (exact) mass is 600 g/mol. The average Bonchev–Trinajstić information content (AvgIpc) is 3.79. The summed E-state index contributed by atoms with van der Waals surface area (Å²) in [7, 11) is 6.01. The van der Waals surface area contributed by atoms with E-state index in [1.165, 1.54) is 28.1 Å². The maximum absolute atomic E-state index is 10.2. The third-order valence-electron chi connectivity index (χ3n) is 10.4. The summed E-state index contributed by atoms with van der Waals surface area (Å²) in [5.74, 6) is 0. The van der Waals surface area contributed by atoms with Gasteiger partial charge in [-0.1, -0.05) is 75.7 Å². The number of hydrogen-bond donors (Lipinski definition) is 1. The SMILES string of the molecule is COC1(/C=C/C2=C(Cl)C(=C/C=C3\N(C)c4ccc(C5CO5)cc4C3(C)C)/CCC2)N(C)c2ccc(C(C)O)cc2C1(C)C. The number of aliphatic hydroxyl groups excluding tert-OH is 1. The van der Waals surface area contributed by atoms with Crippen molar-refractivity contribution in [2.75, 3.05) is 37.6 Å². The van der Waals surface area contributed by atoms with Crippen LogP contribution in [0.2, 0.25) is 0 Å². The number of allylic oxidation sites excluding steroid dienone is 7. The Bertz CT molecular complexity index is 1580. The zero-order chi connectivity index (χ0) is 30.9. The Kier molecular flexibility index (Phi) is 7.49. The molecule has 0 radical (unpaired) electrons. The molecule has 6 rings (SSSR count). The number of benzene rings is 2. The van der Waals surface area contributed by atoms with Gasteiger partial charge in [0, 0.05) is 54.1 Å². The van der Waals surface area contributed by atoms with E-state index in [0.29, 0.717) is 0 Å². The van der Waals surface area contributed by atoms with Crippen LogP contribution < -0.4 is 9.80 Å². The van der Waals surface area contributed by atoms with Crippen molar-refractivity contribution in [2.24, 2.45) is 0 Å². The largest absolute Gasteiger partial charge is 0.389 e. The Morgan fingerprint density at radius 3 is 2.42 bits per heavy atom. The van der Waals surface area contributed by atoms with Gasteiger partial charge >= 0.3 is 0 Å². The molecule has 0 amide bonds. The van der Waals surface area contributed by atoms with Crippen LogP contribution in [-0.4, -0.2) is 38.6 Å². The molecule has 3 unspecified atom stereocenters. The highest BCUT2D eigenvalue weighted by Gasteiger charge is 2.55. The van der Waals surface area contributed by atoms with Crippen LogP contribution in [0.4, 0.5) is 11.4 Å². The first-order valence-electron chi connectivity index (χ1n) is 15.4. The molecule has 0 aromatic heterocycles. The van der Waals surface area contributed by atoms with Gasteiger partial charge < -0.3 is 24.4 Å². The first kappa shape index (κ1) is 30.2. The Morgan fingerprint density at radius 2 is 1.74 bits per heavy atom. The van der Waals surface area contributed by atoms with E-state index in [4.69, 9.17) is 21.1 Å². The van der Waals surface area contributed by atoms with E-state index in [9.17, 15) is 5.11 Å². The number of methoxy groups -OCH3 is 1. The lowest BCUT2D eigenvalue weighted by atomic mass is 9.76. The van der Waals surface area contributed by atoms with Crippen LogP contribution in [0.15, 0.2) is 82.6 Å². The summed E-state index contributed by atoms with van der Waals surface area (Å²) in [6.45, 7) is 11.7. The van der Waals surface area contributed by atoms with Gasteiger partial charge in [-0.25, -0.2) is 0 Å². The highest BCUT2D eigenvalue weighted by molar-refractivity contribution is 6.32. The highest BCUT2D eigenvalue weighted by Crippen LogP contribution is 2.53. The number of fused-ring (bicyclic) bond motifs is 2. The Morgan fingerprint density at radius 1 is 1.02 bits per heavy atom. The van der Waals surface area contributed by atoms with Crippen LogP contribution in [0.3, 0.4) is 0 Å². The fourth-order valence-electron chi connectivity index (χ4n) is 7.57. The number of likely N-dealkylation sites (N-methyl/N-ethyl adjacent to an activating group) is 2. The second-order valence-electron chi connectivity index (χ2n) is 13.6. The lowest BCUT2D eigenvalue weighted by Gasteiger charge is -2.43. The highest BCUT2D eigenvalue weighted by atomic mass is 35.5. The summed E-state index contributed by atoms with van der Waals surface area (Å²) in [6, 6.07) is 13.0. The number of aliphatic hydroxyl groups is 1. The number of halogens is 1. The van der Waals surface area contributed by atoms with Crippen molar-refractivity contribution in [1.82, 2.24) is 0 Å². The molecule has 3 aliphatic heterocycles. The van der Waals surface area contributed by atoms with E-state index in [1.807, 2.05) is 6.07 Å². The molecule has 6 heteroatoms. The van der Waals surface area contributed by atoms with Gasteiger partial charge in [0.05, 0.1) is 12.7 Å². The van der Waals surface area contributed by atoms with E-state index < -0.39 is 11.8 Å². The van der Waals surface area contributed by atoms with Gasteiger partial charge in [-0.05, 0) is 83.9 Å². The molecule has 3 atom stereocenters. The van der Waals surface area contributed by atoms with Crippen LogP contribution in [0, 0.1) is 0 Å². The molecule has 228 valence electrons. The molecule has 1 saturated heterocycles. The van der Waals surface area contributed by atoms with Crippen LogP contribution >= 0.6 is 11.6 Å². The predicted molar refractivity (Wildman–Crippen MR) is 177 cm³/mol. The molecule has 2 aromatic carbocycles. The molecule has 0 bridgehead atoms. The number of nitrogens with zero attached hydrogens (tertiary/aromatic N) is 2. The van der Waals surface area contributed by atoms with Gasteiger partial charge in [0.2, 0.25) is 0 Å². The Labute approximate surface area is 262 Å². The fraction of sp³-hybridized carbons (Fsp3) is 0.459. The molecule has 43 heavy (non-hydrogen) atoms. The van der Waals surface area contributed by atoms with Gasteiger partial charge in [-0.2, -0.15) is 0 Å². The number of hydrogen-bond acceptors (Lipinski definition) is 5. The molecular weight excluding hydrogens is 556 g/mol. The number of ether oxygens (including phenoxy) is 2.